The van der Waals surface area contributed by atoms with E-state index in [1.54, 1.807) is 0 Å². The van der Waals surface area contributed by atoms with Crippen LogP contribution in [0.2, 0.25) is 0 Å². The van der Waals surface area contributed by atoms with Crippen molar-refractivity contribution in [2.45, 2.75) is 44.7 Å². The van der Waals surface area contributed by atoms with E-state index in [2.05, 4.69) is 20.6 Å². The number of rotatable bonds is 5. The van der Waals surface area contributed by atoms with Gasteiger partial charge in [-0.3, -0.25) is 14.5 Å². The van der Waals surface area contributed by atoms with Crippen LogP contribution in [0.3, 0.4) is 0 Å². The third-order valence-corrected chi connectivity index (χ3v) is 6.64. The number of carbonyl (C=O) groups excluding carboxylic acids is 3. The molecule has 1 saturated heterocycles. The molecular formula is C25H27N5O3. The predicted molar refractivity (Wildman–Crippen MR) is 123 cm³/mol. The molecule has 5 rings (SSSR count). The number of para-hydroxylation sites is 2. The van der Waals surface area contributed by atoms with Crippen molar-refractivity contribution in [1.29, 1.82) is 0 Å². The molecule has 1 spiro atoms. The Labute approximate surface area is 191 Å². The molecule has 3 aromatic rings. The summed E-state index contributed by atoms with van der Waals surface area (Å²) >= 11 is 0. The van der Waals surface area contributed by atoms with Crippen molar-refractivity contribution in [2.75, 3.05) is 6.54 Å². The molecule has 0 saturated carbocycles. The van der Waals surface area contributed by atoms with Crippen LogP contribution in [0.15, 0.2) is 48.5 Å². The van der Waals surface area contributed by atoms with Crippen molar-refractivity contribution in [2.24, 2.45) is 5.92 Å². The van der Waals surface area contributed by atoms with E-state index in [-0.39, 0.29) is 24.4 Å². The molecule has 170 valence electrons. The Kier molecular flexibility index (Phi) is 5.15. The smallest absolute Gasteiger partial charge is 0.325 e. The second kappa shape index (κ2) is 8.03. The number of fused-ring (bicyclic) bond motifs is 3. The highest BCUT2D eigenvalue weighted by atomic mass is 16.2. The number of imidazole rings is 1. The fourth-order valence-electron chi connectivity index (χ4n) is 4.99. The van der Waals surface area contributed by atoms with Gasteiger partial charge < -0.3 is 15.6 Å². The SMILES string of the molecule is CC(C)[C@@H](NC(=O)CN1C(=O)N[C@@]2(CCCc3ccccc32)C1=O)c1nc2ccccc2[nH]1. The Bertz CT molecular complexity index is 1220. The average molecular weight is 446 g/mol. The van der Waals surface area contributed by atoms with Crippen molar-refractivity contribution in [3.8, 4) is 0 Å². The maximum absolute atomic E-state index is 13.4. The summed E-state index contributed by atoms with van der Waals surface area (Å²) in [5.74, 6) is -0.0676. The van der Waals surface area contributed by atoms with E-state index in [0.29, 0.717) is 12.2 Å². The number of aromatic nitrogens is 2. The van der Waals surface area contributed by atoms with E-state index in [0.717, 1.165) is 39.9 Å². The zero-order chi connectivity index (χ0) is 23.2. The van der Waals surface area contributed by atoms with Gasteiger partial charge in [-0.1, -0.05) is 50.2 Å². The molecule has 0 bridgehead atoms. The van der Waals surface area contributed by atoms with Gasteiger partial charge in [0.15, 0.2) is 0 Å². The van der Waals surface area contributed by atoms with Crippen molar-refractivity contribution >= 4 is 28.9 Å². The molecule has 1 aliphatic heterocycles. The van der Waals surface area contributed by atoms with Gasteiger partial charge in [0.2, 0.25) is 5.91 Å². The summed E-state index contributed by atoms with van der Waals surface area (Å²) in [4.78, 5) is 48.1. The Morgan fingerprint density at radius 1 is 1.15 bits per heavy atom. The fraction of sp³-hybridized carbons (Fsp3) is 0.360. The minimum absolute atomic E-state index is 0.0502. The Morgan fingerprint density at radius 3 is 2.70 bits per heavy atom. The standard InChI is InChI=1S/C25H27N5O3/c1-15(2)21(22-26-18-11-5-6-12-19(18)27-22)28-20(31)14-30-23(32)25(29-24(30)33)13-7-9-16-8-3-4-10-17(16)25/h3-6,8,10-12,15,21H,7,9,13-14H2,1-2H3,(H,26,27)(H,28,31)(H,29,33)/t21-,25-/m1/s1. The number of benzene rings is 2. The van der Waals surface area contributed by atoms with Crippen LogP contribution in [0.5, 0.6) is 0 Å². The number of carbonyl (C=O) groups is 3. The van der Waals surface area contributed by atoms with Gasteiger partial charge in [0.05, 0.1) is 17.1 Å². The largest absolute Gasteiger partial charge is 0.344 e. The quantitative estimate of drug-likeness (QED) is 0.525. The molecule has 0 radical (unpaired) electrons. The first-order valence-corrected chi connectivity index (χ1v) is 11.4. The fourth-order valence-corrected chi connectivity index (χ4v) is 4.99. The van der Waals surface area contributed by atoms with Crippen molar-refractivity contribution in [3.05, 3.63) is 65.5 Å². The number of H-pyrrole nitrogens is 1. The first kappa shape index (κ1) is 21.2. The first-order valence-electron chi connectivity index (χ1n) is 11.4. The molecule has 2 aromatic carbocycles. The summed E-state index contributed by atoms with van der Waals surface area (Å²) in [5.41, 5.74) is 2.52. The van der Waals surface area contributed by atoms with Crippen LogP contribution in [0.4, 0.5) is 4.79 Å². The van der Waals surface area contributed by atoms with Gasteiger partial charge in [-0.05, 0) is 48.4 Å². The topological polar surface area (TPSA) is 107 Å². The van der Waals surface area contributed by atoms with Crippen LogP contribution in [0.25, 0.3) is 11.0 Å². The lowest BCUT2D eigenvalue weighted by Crippen LogP contribution is -2.47. The maximum atomic E-state index is 13.4. The molecular weight excluding hydrogens is 418 g/mol. The van der Waals surface area contributed by atoms with Crippen LogP contribution in [-0.2, 0) is 21.5 Å². The minimum atomic E-state index is -1.08. The van der Waals surface area contributed by atoms with Gasteiger partial charge in [-0.2, -0.15) is 0 Å². The van der Waals surface area contributed by atoms with E-state index >= 15 is 0 Å². The van der Waals surface area contributed by atoms with E-state index in [1.165, 1.54) is 0 Å². The van der Waals surface area contributed by atoms with Gasteiger partial charge >= 0.3 is 6.03 Å². The van der Waals surface area contributed by atoms with E-state index in [9.17, 15) is 14.4 Å². The Hall–Kier alpha value is -3.68. The summed E-state index contributed by atoms with van der Waals surface area (Å²) in [6.07, 6.45) is 2.19. The van der Waals surface area contributed by atoms with Gasteiger partial charge in [0.1, 0.15) is 17.9 Å². The molecule has 33 heavy (non-hydrogen) atoms. The van der Waals surface area contributed by atoms with Crippen molar-refractivity contribution < 1.29 is 14.4 Å². The van der Waals surface area contributed by atoms with Crippen molar-refractivity contribution in [1.82, 2.24) is 25.5 Å². The number of amides is 4. The third kappa shape index (κ3) is 3.55. The molecule has 2 atom stereocenters. The van der Waals surface area contributed by atoms with Gasteiger partial charge in [-0.25, -0.2) is 9.78 Å². The predicted octanol–water partition coefficient (Wildman–Crippen LogP) is 3.16. The van der Waals surface area contributed by atoms with Crippen LogP contribution < -0.4 is 10.6 Å². The normalized spacial score (nSPS) is 20.9. The third-order valence-electron chi connectivity index (χ3n) is 6.64. The molecule has 2 heterocycles. The number of imide groups is 1. The second-order valence-electron chi connectivity index (χ2n) is 9.17. The zero-order valence-electron chi connectivity index (χ0n) is 18.7. The van der Waals surface area contributed by atoms with Gasteiger partial charge in [-0.15, -0.1) is 0 Å². The lowest BCUT2D eigenvalue weighted by molar-refractivity contribution is -0.136. The van der Waals surface area contributed by atoms with Gasteiger partial charge in [0, 0.05) is 0 Å². The highest BCUT2D eigenvalue weighted by Gasteiger charge is 2.54. The molecule has 2 aliphatic rings. The highest BCUT2D eigenvalue weighted by molar-refractivity contribution is 6.09. The highest BCUT2D eigenvalue weighted by Crippen LogP contribution is 2.39. The van der Waals surface area contributed by atoms with Crippen LogP contribution in [0, 0.1) is 5.92 Å². The Morgan fingerprint density at radius 2 is 1.91 bits per heavy atom. The monoisotopic (exact) mass is 445 g/mol. The summed E-state index contributed by atoms with van der Waals surface area (Å²) in [6.45, 7) is 3.64. The average Bonchev–Trinajstić information content (AvgIpc) is 3.33. The molecule has 3 N–H and O–H groups in total. The molecule has 1 aliphatic carbocycles. The van der Waals surface area contributed by atoms with Crippen LogP contribution >= 0.6 is 0 Å². The summed E-state index contributed by atoms with van der Waals surface area (Å²) in [6, 6.07) is 14.5. The number of urea groups is 1. The molecule has 8 nitrogen and oxygen atoms in total. The molecule has 4 amide bonds. The Balaban J connectivity index is 1.35. The molecule has 8 heteroatoms. The summed E-state index contributed by atoms with van der Waals surface area (Å²) < 4.78 is 0. The number of nitrogens with zero attached hydrogens (tertiary/aromatic N) is 2. The second-order valence-corrected chi connectivity index (χ2v) is 9.17. The minimum Gasteiger partial charge on any atom is -0.344 e. The number of hydrogen-bond acceptors (Lipinski definition) is 4. The molecule has 1 aromatic heterocycles. The summed E-state index contributed by atoms with van der Waals surface area (Å²) in [7, 11) is 0. The number of aryl methyl sites for hydroxylation is 1. The molecule has 1 fully saturated rings. The lowest BCUT2D eigenvalue weighted by Gasteiger charge is -2.33. The lowest BCUT2D eigenvalue weighted by atomic mass is 9.76. The van der Waals surface area contributed by atoms with Crippen LogP contribution in [0.1, 0.15) is 49.7 Å². The molecule has 0 unspecified atom stereocenters. The van der Waals surface area contributed by atoms with E-state index in [4.69, 9.17) is 0 Å². The van der Waals surface area contributed by atoms with Crippen LogP contribution in [-0.4, -0.2) is 39.3 Å². The van der Waals surface area contributed by atoms with E-state index in [1.807, 2.05) is 62.4 Å². The first-order chi connectivity index (χ1) is 15.9. The van der Waals surface area contributed by atoms with Crippen molar-refractivity contribution in [3.63, 3.8) is 0 Å². The number of nitrogens with one attached hydrogen (secondary N) is 3. The van der Waals surface area contributed by atoms with Gasteiger partial charge in [0.25, 0.3) is 5.91 Å². The van der Waals surface area contributed by atoms with E-state index < -0.39 is 17.5 Å². The number of aromatic amines is 1. The zero-order valence-corrected chi connectivity index (χ0v) is 18.7. The number of hydrogen-bond donors (Lipinski definition) is 3. The summed E-state index contributed by atoms with van der Waals surface area (Å²) in [5, 5.41) is 5.86. The maximum Gasteiger partial charge on any atom is 0.325 e.